The average Bonchev–Trinajstić information content (AvgIpc) is 2.88. The number of nitrogens with zero attached hydrogens (tertiary/aromatic N) is 2. The Morgan fingerprint density at radius 3 is 2.78 bits per heavy atom. The van der Waals surface area contributed by atoms with Crippen molar-refractivity contribution in [3.8, 4) is 0 Å². The van der Waals surface area contributed by atoms with E-state index in [-0.39, 0.29) is 0 Å². The number of imidazole rings is 1. The van der Waals surface area contributed by atoms with Crippen LogP contribution in [0.3, 0.4) is 0 Å². The lowest BCUT2D eigenvalue weighted by Gasteiger charge is -2.12. The molecule has 0 fully saturated rings. The van der Waals surface area contributed by atoms with Gasteiger partial charge in [0, 0.05) is 37.1 Å². The van der Waals surface area contributed by atoms with Crippen LogP contribution in [-0.4, -0.2) is 27.7 Å². The summed E-state index contributed by atoms with van der Waals surface area (Å²) in [4.78, 5) is 3.97. The molecule has 4 nitrogen and oxygen atoms in total. The van der Waals surface area contributed by atoms with Gasteiger partial charge < -0.3 is 15.0 Å². The maximum atomic E-state index is 9.94. The largest absolute Gasteiger partial charge is 0.387 e. The summed E-state index contributed by atoms with van der Waals surface area (Å²) in [5.74, 6) is 0. The van der Waals surface area contributed by atoms with Gasteiger partial charge in [-0.25, -0.2) is 4.98 Å². The molecule has 0 saturated heterocycles. The Morgan fingerprint density at radius 2 is 2.11 bits per heavy atom. The molecule has 2 rings (SSSR count). The topological polar surface area (TPSA) is 50.1 Å². The highest BCUT2D eigenvalue weighted by molar-refractivity contribution is 6.30. The Labute approximate surface area is 111 Å². The normalized spacial score (nSPS) is 12.6. The van der Waals surface area contributed by atoms with Crippen molar-refractivity contribution in [2.45, 2.75) is 12.6 Å². The number of aromatic nitrogens is 2. The minimum Gasteiger partial charge on any atom is -0.387 e. The molecule has 0 spiro atoms. The fraction of sp³-hybridized carbons (Fsp3) is 0.308. The maximum absolute atomic E-state index is 9.94. The van der Waals surface area contributed by atoms with Crippen molar-refractivity contribution in [1.29, 1.82) is 0 Å². The zero-order valence-corrected chi connectivity index (χ0v) is 10.7. The first-order valence-electron chi connectivity index (χ1n) is 5.85. The van der Waals surface area contributed by atoms with Crippen molar-refractivity contribution < 1.29 is 5.11 Å². The van der Waals surface area contributed by atoms with Crippen molar-refractivity contribution in [2.24, 2.45) is 0 Å². The lowest BCUT2D eigenvalue weighted by atomic mass is 10.1. The van der Waals surface area contributed by atoms with Crippen LogP contribution in [0.25, 0.3) is 0 Å². The molecule has 1 heterocycles. The molecule has 1 aromatic carbocycles. The molecule has 18 heavy (non-hydrogen) atoms. The molecule has 96 valence electrons. The van der Waals surface area contributed by atoms with Crippen molar-refractivity contribution in [3.63, 3.8) is 0 Å². The van der Waals surface area contributed by atoms with Crippen molar-refractivity contribution in [1.82, 2.24) is 14.9 Å². The summed E-state index contributed by atoms with van der Waals surface area (Å²) in [7, 11) is 0. The van der Waals surface area contributed by atoms with Gasteiger partial charge in [0.2, 0.25) is 0 Å². The van der Waals surface area contributed by atoms with E-state index < -0.39 is 6.10 Å². The van der Waals surface area contributed by atoms with Crippen LogP contribution in [-0.2, 0) is 6.54 Å². The van der Waals surface area contributed by atoms with Crippen LogP contribution in [0.1, 0.15) is 11.7 Å². The lowest BCUT2D eigenvalue weighted by Crippen LogP contribution is -2.25. The summed E-state index contributed by atoms with van der Waals surface area (Å²) in [5.41, 5.74) is 0.870. The number of halogens is 1. The highest BCUT2D eigenvalue weighted by Crippen LogP contribution is 2.15. The van der Waals surface area contributed by atoms with Gasteiger partial charge in [0.25, 0.3) is 0 Å². The molecule has 1 unspecified atom stereocenters. The third kappa shape index (κ3) is 3.84. The van der Waals surface area contributed by atoms with Crippen molar-refractivity contribution in [3.05, 3.63) is 53.6 Å². The van der Waals surface area contributed by atoms with E-state index in [9.17, 15) is 5.11 Å². The number of hydrogen-bond donors (Lipinski definition) is 2. The third-order valence-corrected chi connectivity index (χ3v) is 2.95. The van der Waals surface area contributed by atoms with Gasteiger partial charge in [0.15, 0.2) is 0 Å². The average molecular weight is 266 g/mol. The number of nitrogens with one attached hydrogen (secondary N) is 1. The fourth-order valence-electron chi connectivity index (χ4n) is 1.67. The van der Waals surface area contributed by atoms with E-state index >= 15 is 0 Å². The Morgan fingerprint density at radius 1 is 1.33 bits per heavy atom. The quantitative estimate of drug-likeness (QED) is 0.784. The van der Waals surface area contributed by atoms with E-state index in [1.807, 2.05) is 22.9 Å². The van der Waals surface area contributed by atoms with E-state index in [4.69, 9.17) is 11.6 Å². The van der Waals surface area contributed by atoms with E-state index in [2.05, 4.69) is 10.3 Å². The first-order chi connectivity index (χ1) is 8.75. The number of hydrogen-bond acceptors (Lipinski definition) is 3. The smallest absolute Gasteiger partial charge is 0.0946 e. The molecule has 0 aliphatic rings. The zero-order valence-electron chi connectivity index (χ0n) is 9.96. The lowest BCUT2D eigenvalue weighted by molar-refractivity contribution is 0.174. The molecule has 0 saturated carbocycles. The molecule has 0 aliphatic heterocycles. The van der Waals surface area contributed by atoms with Crippen LogP contribution in [0.15, 0.2) is 43.0 Å². The second-order valence-corrected chi connectivity index (χ2v) is 4.51. The van der Waals surface area contributed by atoms with Crippen molar-refractivity contribution >= 4 is 11.6 Å². The van der Waals surface area contributed by atoms with Gasteiger partial charge in [-0.2, -0.15) is 0 Å². The first kappa shape index (κ1) is 13.1. The Kier molecular flexibility index (Phi) is 4.75. The van der Waals surface area contributed by atoms with Crippen LogP contribution in [0.4, 0.5) is 0 Å². The van der Waals surface area contributed by atoms with Crippen LogP contribution < -0.4 is 5.32 Å². The molecule has 5 heteroatoms. The zero-order chi connectivity index (χ0) is 12.8. The number of benzene rings is 1. The van der Waals surface area contributed by atoms with Crippen LogP contribution >= 0.6 is 11.6 Å². The van der Waals surface area contributed by atoms with E-state index in [1.165, 1.54) is 0 Å². The molecule has 0 amide bonds. The van der Waals surface area contributed by atoms with Gasteiger partial charge in [0.05, 0.1) is 12.4 Å². The second kappa shape index (κ2) is 6.54. The van der Waals surface area contributed by atoms with Crippen LogP contribution in [0.5, 0.6) is 0 Å². The van der Waals surface area contributed by atoms with Gasteiger partial charge in [-0.05, 0) is 17.7 Å². The minimum absolute atomic E-state index is 0.509. The molecule has 0 aliphatic carbocycles. The molecule has 2 aromatic rings. The summed E-state index contributed by atoms with van der Waals surface area (Å²) in [6.07, 6.45) is 4.93. The molecule has 2 N–H and O–H groups in total. The number of aliphatic hydroxyl groups excluding tert-OH is 1. The first-order valence-corrected chi connectivity index (χ1v) is 6.23. The summed E-state index contributed by atoms with van der Waals surface area (Å²) in [5, 5.41) is 13.8. The predicted octanol–water partition coefficient (Wildman–Crippen LogP) is 1.86. The van der Waals surface area contributed by atoms with Crippen molar-refractivity contribution in [2.75, 3.05) is 13.1 Å². The summed E-state index contributed by atoms with van der Waals surface area (Å²) < 4.78 is 1.99. The molecule has 0 radical (unpaired) electrons. The third-order valence-electron chi connectivity index (χ3n) is 2.70. The Balaban J connectivity index is 1.71. The monoisotopic (exact) mass is 265 g/mol. The van der Waals surface area contributed by atoms with E-state index in [0.717, 1.165) is 18.7 Å². The summed E-state index contributed by atoms with van der Waals surface area (Å²) in [6, 6.07) is 7.24. The summed E-state index contributed by atoms with van der Waals surface area (Å²) in [6.45, 7) is 2.16. The summed E-state index contributed by atoms with van der Waals surface area (Å²) >= 11 is 5.79. The van der Waals surface area contributed by atoms with Gasteiger partial charge in [-0.15, -0.1) is 0 Å². The molecule has 1 atom stereocenters. The Bertz CT molecular complexity index is 456. The van der Waals surface area contributed by atoms with Gasteiger partial charge >= 0.3 is 0 Å². The van der Waals surface area contributed by atoms with E-state index in [0.29, 0.717) is 11.6 Å². The van der Waals surface area contributed by atoms with Gasteiger partial charge in [-0.3, -0.25) is 0 Å². The molecular formula is C13H16ClN3O. The minimum atomic E-state index is -0.509. The molecule has 0 bridgehead atoms. The highest BCUT2D eigenvalue weighted by Gasteiger charge is 2.06. The number of aliphatic hydroxyl groups is 1. The predicted molar refractivity (Wildman–Crippen MR) is 71.5 cm³/mol. The molecule has 1 aromatic heterocycles. The highest BCUT2D eigenvalue weighted by atomic mass is 35.5. The standard InChI is InChI=1S/C13H16ClN3O/c14-12-3-1-11(2-4-12)13(18)9-15-5-7-17-8-6-16-10-17/h1-4,6,8,10,13,15,18H,5,7,9H2. The Hall–Kier alpha value is -1.36. The SMILES string of the molecule is OC(CNCCn1ccnc1)c1ccc(Cl)cc1. The number of rotatable bonds is 6. The van der Waals surface area contributed by atoms with Crippen LogP contribution in [0, 0.1) is 0 Å². The van der Waals surface area contributed by atoms with Crippen LogP contribution in [0.2, 0.25) is 5.02 Å². The van der Waals surface area contributed by atoms with Gasteiger partial charge in [-0.1, -0.05) is 23.7 Å². The van der Waals surface area contributed by atoms with Gasteiger partial charge in [0.1, 0.15) is 0 Å². The molecular weight excluding hydrogens is 250 g/mol. The fourth-order valence-corrected chi connectivity index (χ4v) is 1.79. The maximum Gasteiger partial charge on any atom is 0.0946 e. The second-order valence-electron chi connectivity index (χ2n) is 4.07. The van der Waals surface area contributed by atoms with E-state index in [1.54, 1.807) is 24.7 Å².